The van der Waals surface area contributed by atoms with Crippen molar-refractivity contribution in [3.8, 4) is 0 Å². The number of pyridine rings is 1. The summed E-state index contributed by atoms with van der Waals surface area (Å²) < 4.78 is 0. The van der Waals surface area contributed by atoms with E-state index in [0.717, 1.165) is 11.3 Å². The summed E-state index contributed by atoms with van der Waals surface area (Å²) in [6.45, 7) is 1.93. The van der Waals surface area contributed by atoms with Crippen LogP contribution in [0.25, 0.3) is 0 Å². The third kappa shape index (κ3) is 1.79. The van der Waals surface area contributed by atoms with E-state index in [4.69, 9.17) is 5.84 Å². The molecule has 0 aliphatic carbocycles. The van der Waals surface area contributed by atoms with E-state index in [0.29, 0.717) is 5.84 Å². The first kappa shape index (κ1) is 8.67. The second-order valence-electron chi connectivity index (χ2n) is 2.40. The maximum absolute atomic E-state index is 5.24. The Morgan fingerprint density at radius 1 is 1.58 bits per heavy atom. The first-order valence-corrected chi connectivity index (χ1v) is 3.64. The summed E-state index contributed by atoms with van der Waals surface area (Å²) in [5.41, 5.74) is 4.37. The molecule has 0 spiro atoms. The number of rotatable bonds is 1. The van der Waals surface area contributed by atoms with Crippen molar-refractivity contribution in [3.05, 3.63) is 29.6 Å². The van der Waals surface area contributed by atoms with Crippen LogP contribution in [-0.2, 0) is 0 Å². The minimum atomic E-state index is 0.641. The van der Waals surface area contributed by atoms with Gasteiger partial charge < -0.3 is 5.43 Å². The van der Waals surface area contributed by atoms with Gasteiger partial charge in [-0.1, -0.05) is 0 Å². The zero-order valence-corrected chi connectivity index (χ0v) is 7.20. The highest BCUT2D eigenvalue weighted by Gasteiger charge is 1.98. The zero-order valence-electron chi connectivity index (χ0n) is 7.20. The van der Waals surface area contributed by atoms with Crippen LogP contribution >= 0.6 is 0 Å². The smallest absolute Gasteiger partial charge is 0.143 e. The Morgan fingerprint density at radius 2 is 2.33 bits per heavy atom. The molecule has 1 aromatic heterocycles. The predicted molar refractivity (Wildman–Crippen MR) is 48.8 cm³/mol. The van der Waals surface area contributed by atoms with Gasteiger partial charge in [0.1, 0.15) is 5.84 Å². The Balaban J connectivity index is 2.96. The van der Waals surface area contributed by atoms with Crippen LogP contribution in [0.3, 0.4) is 0 Å². The lowest BCUT2D eigenvalue weighted by Crippen LogP contribution is -2.31. The average molecular weight is 164 g/mol. The number of hydrogen-bond acceptors (Lipinski definition) is 3. The van der Waals surface area contributed by atoms with E-state index in [1.807, 2.05) is 19.1 Å². The summed E-state index contributed by atoms with van der Waals surface area (Å²) >= 11 is 0. The summed E-state index contributed by atoms with van der Waals surface area (Å²) in [5.74, 6) is 5.89. The molecular formula is C8H12N4. The molecular weight excluding hydrogens is 152 g/mol. The lowest BCUT2D eigenvalue weighted by molar-refractivity contribution is 1.01. The fourth-order valence-electron chi connectivity index (χ4n) is 0.885. The van der Waals surface area contributed by atoms with Crippen molar-refractivity contribution < 1.29 is 0 Å². The SMILES string of the molecule is CN=C(NN)c1ccc(C)nc1. The van der Waals surface area contributed by atoms with Crippen molar-refractivity contribution in [2.75, 3.05) is 7.05 Å². The van der Waals surface area contributed by atoms with Gasteiger partial charge in [0.2, 0.25) is 0 Å². The van der Waals surface area contributed by atoms with Gasteiger partial charge in [0.15, 0.2) is 0 Å². The van der Waals surface area contributed by atoms with Crippen LogP contribution in [0, 0.1) is 6.92 Å². The molecule has 0 saturated heterocycles. The Morgan fingerprint density at radius 3 is 2.75 bits per heavy atom. The molecule has 1 heterocycles. The van der Waals surface area contributed by atoms with Crippen molar-refractivity contribution in [2.45, 2.75) is 6.92 Å². The van der Waals surface area contributed by atoms with Gasteiger partial charge in [0.25, 0.3) is 0 Å². The Kier molecular flexibility index (Phi) is 2.76. The number of aryl methyl sites for hydroxylation is 1. The molecule has 1 rings (SSSR count). The molecule has 0 aromatic carbocycles. The van der Waals surface area contributed by atoms with E-state index in [1.54, 1.807) is 13.2 Å². The van der Waals surface area contributed by atoms with E-state index < -0.39 is 0 Å². The molecule has 3 N–H and O–H groups in total. The van der Waals surface area contributed by atoms with Crippen LogP contribution in [0.4, 0.5) is 0 Å². The number of nitrogens with zero attached hydrogens (tertiary/aromatic N) is 2. The lowest BCUT2D eigenvalue weighted by atomic mass is 10.2. The van der Waals surface area contributed by atoms with E-state index >= 15 is 0 Å². The standard InChI is InChI=1S/C8H12N4/c1-6-3-4-7(5-11-6)8(10-2)12-9/h3-5H,9H2,1-2H3,(H,10,12). The van der Waals surface area contributed by atoms with Crippen LogP contribution < -0.4 is 11.3 Å². The van der Waals surface area contributed by atoms with Crippen LogP contribution in [0.5, 0.6) is 0 Å². The van der Waals surface area contributed by atoms with Gasteiger partial charge >= 0.3 is 0 Å². The summed E-state index contributed by atoms with van der Waals surface area (Å²) in [4.78, 5) is 8.07. The minimum absolute atomic E-state index is 0.641. The van der Waals surface area contributed by atoms with Crippen molar-refractivity contribution in [3.63, 3.8) is 0 Å². The predicted octanol–water partition coefficient (Wildman–Crippen LogP) is 0.230. The Labute approximate surface area is 71.5 Å². The molecule has 0 unspecified atom stereocenters. The number of hydrazine groups is 1. The molecule has 0 aliphatic heterocycles. The van der Waals surface area contributed by atoms with E-state index in [2.05, 4.69) is 15.4 Å². The summed E-state index contributed by atoms with van der Waals surface area (Å²) in [6, 6.07) is 3.84. The fraction of sp³-hybridized carbons (Fsp3) is 0.250. The normalized spacial score (nSPS) is 11.4. The van der Waals surface area contributed by atoms with Crippen molar-refractivity contribution in [2.24, 2.45) is 10.8 Å². The second kappa shape index (κ2) is 3.82. The Bertz CT molecular complexity index is 276. The number of nitrogens with one attached hydrogen (secondary N) is 1. The fourth-order valence-corrected chi connectivity index (χ4v) is 0.885. The zero-order chi connectivity index (χ0) is 8.97. The van der Waals surface area contributed by atoms with Gasteiger partial charge in [0, 0.05) is 24.5 Å². The van der Waals surface area contributed by atoms with Gasteiger partial charge in [-0.05, 0) is 19.1 Å². The maximum Gasteiger partial charge on any atom is 0.143 e. The van der Waals surface area contributed by atoms with Crippen LogP contribution in [-0.4, -0.2) is 17.9 Å². The quantitative estimate of drug-likeness (QED) is 0.270. The number of hydrogen-bond donors (Lipinski definition) is 2. The van der Waals surface area contributed by atoms with Crippen molar-refractivity contribution >= 4 is 5.84 Å². The molecule has 0 atom stereocenters. The monoisotopic (exact) mass is 164 g/mol. The molecule has 64 valence electrons. The molecule has 1 aromatic rings. The number of aromatic nitrogens is 1. The Hall–Kier alpha value is -1.42. The third-order valence-electron chi connectivity index (χ3n) is 1.55. The van der Waals surface area contributed by atoms with Crippen LogP contribution in [0.15, 0.2) is 23.3 Å². The van der Waals surface area contributed by atoms with Gasteiger partial charge in [-0.25, -0.2) is 5.84 Å². The molecule has 0 radical (unpaired) electrons. The third-order valence-corrected chi connectivity index (χ3v) is 1.55. The van der Waals surface area contributed by atoms with Gasteiger partial charge in [-0.3, -0.25) is 9.98 Å². The van der Waals surface area contributed by atoms with Crippen LogP contribution in [0.2, 0.25) is 0 Å². The molecule has 0 fully saturated rings. The van der Waals surface area contributed by atoms with Crippen LogP contribution in [0.1, 0.15) is 11.3 Å². The first-order chi connectivity index (χ1) is 5.77. The molecule has 12 heavy (non-hydrogen) atoms. The summed E-state index contributed by atoms with van der Waals surface area (Å²) in [6.07, 6.45) is 1.73. The molecule has 4 nitrogen and oxygen atoms in total. The van der Waals surface area contributed by atoms with Gasteiger partial charge in [0.05, 0.1) is 0 Å². The van der Waals surface area contributed by atoms with Crippen molar-refractivity contribution in [1.29, 1.82) is 0 Å². The first-order valence-electron chi connectivity index (χ1n) is 3.64. The summed E-state index contributed by atoms with van der Waals surface area (Å²) in [5, 5.41) is 0. The topological polar surface area (TPSA) is 63.3 Å². The second-order valence-corrected chi connectivity index (χ2v) is 2.40. The summed E-state index contributed by atoms with van der Waals surface area (Å²) in [7, 11) is 1.68. The number of amidine groups is 1. The highest BCUT2D eigenvalue weighted by Crippen LogP contribution is 1.98. The van der Waals surface area contributed by atoms with Gasteiger partial charge in [-0.2, -0.15) is 0 Å². The van der Waals surface area contributed by atoms with Gasteiger partial charge in [-0.15, -0.1) is 0 Å². The average Bonchev–Trinajstić information content (AvgIpc) is 2.10. The minimum Gasteiger partial charge on any atom is -0.308 e. The molecule has 4 heteroatoms. The maximum atomic E-state index is 5.24. The lowest BCUT2D eigenvalue weighted by Gasteiger charge is -2.03. The molecule has 0 bridgehead atoms. The van der Waals surface area contributed by atoms with E-state index in [-0.39, 0.29) is 0 Å². The highest BCUT2D eigenvalue weighted by molar-refractivity contribution is 5.97. The molecule has 0 amide bonds. The highest BCUT2D eigenvalue weighted by atomic mass is 15.2. The number of nitrogens with two attached hydrogens (primary N) is 1. The molecule has 0 saturated carbocycles. The van der Waals surface area contributed by atoms with Crippen molar-refractivity contribution in [1.82, 2.24) is 10.4 Å². The number of aliphatic imine (C=N–C) groups is 1. The van der Waals surface area contributed by atoms with E-state index in [9.17, 15) is 0 Å². The molecule has 0 aliphatic rings. The largest absolute Gasteiger partial charge is 0.308 e. The van der Waals surface area contributed by atoms with E-state index in [1.165, 1.54) is 0 Å².